The molecule has 0 atom stereocenters. The van der Waals surface area contributed by atoms with Gasteiger partial charge in [-0.3, -0.25) is 0 Å². The molecule has 0 fully saturated rings. The van der Waals surface area contributed by atoms with E-state index in [-0.39, 0.29) is 0 Å². The maximum Gasteiger partial charge on any atom is 0.247 e. The van der Waals surface area contributed by atoms with Gasteiger partial charge in [0.1, 0.15) is 0 Å². The van der Waals surface area contributed by atoms with Crippen molar-refractivity contribution in [1.82, 2.24) is 0 Å². The third-order valence-electron chi connectivity index (χ3n) is 6.42. The van der Waals surface area contributed by atoms with E-state index in [0.29, 0.717) is 0 Å². The molecule has 5 aromatic carbocycles. The van der Waals surface area contributed by atoms with Crippen molar-refractivity contribution >= 4 is 11.3 Å². The molecule has 0 unspecified atom stereocenters. The Balaban J connectivity index is 1.84. The fourth-order valence-corrected chi connectivity index (χ4v) is 6.15. The predicted molar refractivity (Wildman–Crippen MR) is 156 cm³/mol. The van der Waals surface area contributed by atoms with Crippen LogP contribution in [0.4, 0.5) is 0 Å². The summed E-state index contributed by atoms with van der Waals surface area (Å²) in [5, 5.41) is 0. The standard InChI is InChI=1S/C35H25S/c1-6-16-26(17-7-1)31-32(27-18-8-2-9-19-27)34(29-22-12-4-13-23-29)36-35(30-24-14-5-15-25-30)33(31)28-20-10-3-11-21-28/h1-25H/q+1. The predicted octanol–water partition coefficient (Wildman–Crippen LogP) is 10.4. The lowest BCUT2D eigenvalue weighted by molar-refractivity contribution is 1.57. The van der Waals surface area contributed by atoms with Crippen LogP contribution in [0.2, 0.25) is 0 Å². The lowest BCUT2D eigenvalue weighted by Gasteiger charge is -2.17. The van der Waals surface area contributed by atoms with Crippen molar-refractivity contribution in [1.29, 1.82) is 0 Å². The van der Waals surface area contributed by atoms with Gasteiger partial charge in [0.2, 0.25) is 21.1 Å². The van der Waals surface area contributed by atoms with Crippen LogP contribution in [0.15, 0.2) is 152 Å². The van der Waals surface area contributed by atoms with E-state index in [1.54, 1.807) is 0 Å². The molecule has 0 aliphatic rings. The zero-order valence-electron chi connectivity index (χ0n) is 19.8. The minimum absolute atomic E-state index is 1.22. The normalized spacial score (nSPS) is 10.8. The highest BCUT2D eigenvalue weighted by Gasteiger charge is 2.32. The fourth-order valence-electron chi connectivity index (χ4n) is 4.80. The molecule has 6 aromatic rings. The molecule has 0 spiro atoms. The summed E-state index contributed by atoms with van der Waals surface area (Å²) in [5.74, 6) is 0. The SMILES string of the molecule is c1ccc(-c2[s+]c(-c3ccccc3)c(-c3ccccc3)c(-c3ccccc3)c2-c2ccccc2)cc1. The van der Waals surface area contributed by atoms with Crippen molar-refractivity contribution < 1.29 is 0 Å². The molecular formula is C35H25S+. The second-order valence-electron chi connectivity index (χ2n) is 8.72. The quantitative estimate of drug-likeness (QED) is 0.217. The minimum Gasteiger partial charge on any atom is -0.0622 e. The van der Waals surface area contributed by atoms with Crippen LogP contribution >= 0.6 is 11.3 Å². The Morgan fingerprint density at radius 3 is 0.806 bits per heavy atom. The molecule has 0 aliphatic heterocycles. The fraction of sp³-hybridized carbons (Fsp3) is 0. The molecule has 0 saturated carbocycles. The molecule has 170 valence electrons. The van der Waals surface area contributed by atoms with Gasteiger partial charge in [-0.15, -0.1) is 0 Å². The van der Waals surface area contributed by atoms with Crippen LogP contribution in [0.3, 0.4) is 0 Å². The van der Waals surface area contributed by atoms with Crippen molar-refractivity contribution in [3.63, 3.8) is 0 Å². The third kappa shape index (κ3) is 4.26. The molecule has 1 aromatic heterocycles. The monoisotopic (exact) mass is 477 g/mol. The highest BCUT2D eigenvalue weighted by molar-refractivity contribution is 7.19. The van der Waals surface area contributed by atoms with Crippen molar-refractivity contribution in [2.45, 2.75) is 0 Å². The second-order valence-corrected chi connectivity index (χ2v) is 9.74. The van der Waals surface area contributed by atoms with Crippen LogP contribution in [-0.4, -0.2) is 0 Å². The molecule has 1 heteroatoms. The first-order valence-corrected chi connectivity index (χ1v) is 13.0. The summed E-state index contributed by atoms with van der Waals surface area (Å²) in [6.45, 7) is 0. The molecule has 36 heavy (non-hydrogen) atoms. The molecular weight excluding hydrogens is 452 g/mol. The molecule has 1 heterocycles. The Hall–Kier alpha value is -4.33. The number of rotatable bonds is 5. The van der Waals surface area contributed by atoms with Gasteiger partial charge in [-0.2, -0.15) is 0 Å². The van der Waals surface area contributed by atoms with Crippen molar-refractivity contribution in [3.8, 4) is 54.3 Å². The van der Waals surface area contributed by atoms with Crippen molar-refractivity contribution in [2.24, 2.45) is 0 Å². The van der Waals surface area contributed by atoms with Crippen LogP contribution in [0, 0.1) is 0 Å². The Bertz CT molecular complexity index is 1470. The Labute approximate surface area is 216 Å². The number of hydrogen-bond acceptors (Lipinski definition) is 0. The highest BCUT2D eigenvalue weighted by Crippen LogP contribution is 2.52. The molecule has 0 amide bonds. The van der Waals surface area contributed by atoms with E-state index in [9.17, 15) is 0 Å². The van der Waals surface area contributed by atoms with Gasteiger partial charge in [-0.05, 0) is 41.0 Å². The largest absolute Gasteiger partial charge is 0.247 e. The molecule has 0 nitrogen and oxygen atoms in total. The van der Waals surface area contributed by atoms with Gasteiger partial charge in [-0.25, -0.2) is 0 Å². The smallest absolute Gasteiger partial charge is 0.0622 e. The first-order chi connectivity index (χ1) is 17.9. The summed E-state index contributed by atoms with van der Waals surface area (Å²) >= 11 is 1.88. The maximum atomic E-state index is 2.24. The first-order valence-electron chi connectivity index (χ1n) is 12.2. The van der Waals surface area contributed by atoms with Crippen LogP contribution < -0.4 is 0 Å². The average Bonchev–Trinajstić information content (AvgIpc) is 2.98. The van der Waals surface area contributed by atoms with E-state index in [1.807, 2.05) is 11.3 Å². The van der Waals surface area contributed by atoms with Gasteiger partial charge in [0, 0.05) is 16.7 Å². The minimum atomic E-state index is 1.22. The Kier molecular flexibility index (Phi) is 6.22. The van der Waals surface area contributed by atoms with Crippen LogP contribution in [0.5, 0.6) is 0 Å². The van der Waals surface area contributed by atoms with Crippen LogP contribution in [-0.2, 0) is 0 Å². The summed E-state index contributed by atoms with van der Waals surface area (Å²) in [7, 11) is 0. The molecule has 0 N–H and O–H groups in total. The third-order valence-corrected chi connectivity index (χ3v) is 7.71. The van der Waals surface area contributed by atoms with E-state index in [2.05, 4.69) is 152 Å². The van der Waals surface area contributed by atoms with Gasteiger partial charge in [0.15, 0.2) is 0 Å². The second kappa shape index (κ2) is 10.1. The lowest BCUT2D eigenvalue weighted by atomic mass is 9.86. The highest BCUT2D eigenvalue weighted by atomic mass is 32.1. The topological polar surface area (TPSA) is 0 Å². The summed E-state index contributed by atoms with van der Waals surface area (Å²) < 4.78 is 0. The summed E-state index contributed by atoms with van der Waals surface area (Å²) in [6.07, 6.45) is 0. The molecule has 0 bridgehead atoms. The van der Waals surface area contributed by atoms with E-state index < -0.39 is 0 Å². The molecule has 0 aliphatic carbocycles. The van der Waals surface area contributed by atoms with Gasteiger partial charge >= 0.3 is 0 Å². The zero-order chi connectivity index (χ0) is 24.2. The number of hydrogen-bond donors (Lipinski definition) is 0. The van der Waals surface area contributed by atoms with Crippen molar-refractivity contribution in [3.05, 3.63) is 152 Å². The van der Waals surface area contributed by atoms with E-state index >= 15 is 0 Å². The summed E-state index contributed by atoms with van der Waals surface area (Å²) in [6, 6.07) is 54.1. The zero-order valence-corrected chi connectivity index (χ0v) is 20.7. The van der Waals surface area contributed by atoms with Gasteiger partial charge in [0.25, 0.3) is 0 Å². The van der Waals surface area contributed by atoms with Gasteiger partial charge in [-0.1, -0.05) is 127 Å². The van der Waals surface area contributed by atoms with Crippen molar-refractivity contribution in [2.75, 3.05) is 0 Å². The first kappa shape index (κ1) is 22.2. The average molecular weight is 478 g/mol. The van der Waals surface area contributed by atoms with Gasteiger partial charge < -0.3 is 0 Å². The van der Waals surface area contributed by atoms with E-state index in [1.165, 1.54) is 54.3 Å². The Morgan fingerprint density at radius 2 is 0.500 bits per heavy atom. The summed E-state index contributed by atoms with van der Waals surface area (Å²) in [4.78, 5) is 2.55. The molecule has 0 saturated heterocycles. The number of benzene rings is 5. The van der Waals surface area contributed by atoms with E-state index in [4.69, 9.17) is 0 Å². The van der Waals surface area contributed by atoms with E-state index in [0.717, 1.165) is 0 Å². The summed E-state index contributed by atoms with van der Waals surface area (Å²) in [5.41, 5.74) is 9.95. The molecule has 0 radical (unpaired) electrons. The Morgan fingerprint density at radius 1 is 0.250 bits per heavy atom. The van der Waals surface area contributed by atoms with Crippen LogP contribution in [0.1, 0.15) is 0 Å². The molecule has 6 rings (SSSR count). The van der Waals surface area contributed by atoms with Gasteiger partial charge in [0.05, 0.1) is 11.1 Å². The maximum absolute atomic E-state index is 2.24. The van der Waals surface area contributed by atoms with Crippen LogP contribution in [0.25, 0.3) is 54.3 Å². The lowest BCUT2D eigenvalue weighted by Crippen LogP contribution is -1.96.